The Hall–Kier alpha value is -2.12. The van der Waals surface area contributed by atoms with Gasteiger partial charge in [0.25, 0.3) is 0 Å². The zero-order valence-electron chi connectivity index (χ0n) is 13.5. The van der Waals surface area contributed by atoms with Crippen LogP contribution in [-0.4, -0.2) is 21.2 Å². The lowest BCUT2D eigenvalue weighted by Crippen LogP contribution is -2.23. The number of nitriles is 1. The topological polar surface area (TPSA) is 44.9 Å². The van der Waals surface area contributed by atoms with E-state index in [0.29, 0.717) is 6.04 Å². The summed E-state index contributed by atoms with van der Waals surface area (Å²) in [5.41, 5.74) is 5.81. The maximum Gasteiger partial charge on any atom is 0.0991 e. The van der Waals surface area contributed by atoms with Gasteiger partial charge in [0.1, 0.15) is 0 Å². The van der Waals surface area contributed by atoms with Gasteiger partial charge in [-0.1, -0.05) is 12.1 Å². The molecule has 3 rings (SSSR count). The molecule has 0 aliphatic carbocycles. The van der Waals surface area contributed by atoms with E-state index < -0.39 is 0 Å². The lowest BCUT2D eigenvalue weighted by atomic mass is 10.0. The number of hydrogen-bond acceptors (Lipinski definition) is 3. The molecular formula is C18H22N4. The van der Waals surface area contributed by atoms with Crippen molar-refractivity contribution in [2.45, 2.75) is 39.3 Å². The Kier molecular flexibility index (Phi) is 4.00. The third-order valence-electron chi connectivity index (χ3n) is 4.73. The molecule has 0 saturated carbocycles. The van der Waals surface area contributed by atoms with Crippen molar-refractivity contribution in [3.05, 3.63) is 52.3 Å². The second-order valence-corrected chi connectivity index (χ2v) is 6.15. The Morgan fingerprint density at radius 3 is 2.59 bits per heavy atom. The highest BCUT2D eigenvalue weighted by atomic mass is 15.3. The highest BCUT2D eigenvalue weighted by Crippen LogP contribution is 2.36. The molecule has 2 heterocycles. The van der Waals surface area contributed by atoms with Crippen molar-refractivity contribution < 1.29 is 0 Å². The van der Waals surface area contributed by atoms with Crippen molar-refractivity contribution in [1.82, 2.24) is 14.7 Å². The SMILES string of the molecule is Cc1nn(C)c(C)c1[C@@H]1CCCN1Cc1ccc(C#N)cc1. The largest absolute Gasteiger partial charge is 0.292 e. The minimum atomic E-state index is 0.462. The average molecular weight is 294 g/mol. The highest BCUT2D eigenvalue weighted by Gasteiger charge is 2.30. The fraction of sp³-hybridized carbons (Fsp3) is 0.444. The molecule has 1 atom stereocenters. The molecule has 0 radical (unpaired) electrons. The van der Waals surface area contributed by atoms with Crippen LogP contribution in [0, 0.1) is 25.2 Å². The van der Waals surface area contributed by atoms with E-state index in [4.69, 9.17) is 5.26 Å². The van der Waals surface area contributed by atoms with Gasteiger partial charge in [-0.2, -0.15) is 10.4 Å². The molecule has 4 heteroatoms. The fourth-order valence-corrected chi connectivity index (χ4v) is 3.53. The summed E-state index contributed by atoms with van der Waals surface area (Å²) in [4.78, 5) is 2.54. The van der Waals surface area contributed by atoms with Gasteiger partial charge in [0, 0.05) is 30.9 Å². The monoisotopic (exact) mass is 294 g/mol. The van der Waals surface area contributed by atoms with Gasteiger partial charge >= 0.3 is 0 Å². The van der Waals surface area contributed by atoms with Crippen molar-refractivity contribution in [1.29, 1.82) is 5.26 Å². The zero-order valence-corrected chi connectivity index (χ0v) is 13.5. The number of nitrogens with zero attached hydrogens (tertiary/aromatic N) is 4. The number of aromatic nitrogens is 2. The molecule has 1 saturated heterocycles. The van der Waals surface area contributed by atoms with Gasteiger partial charge in [-0.25, -0.2) is 0 Å². The maximum atomic E-state index is 8.90. The molecule has 1 aromatic heterocycles. The average Bonchev–Trinajstić information content (AvgIpc) is 3.05. The van der Waals surface area contributed by atoms with Crippen molar-refractivity contribution in [2.75, 3.05) is 6.54 Å². The molecule has 0 amide bonds. The predicted octanol–water partition coefficient (Wildman–Crippen LogP) is 3.25. The fourth-order valence-electron chi connectivity index (χ4n) is 3.53. The van der Waals surface area contributed by atoms with Crippen LogP contribution in [0.1, 0.15) is 47.0 Å². The third-order valence-corrected chi connectivity index (χ3v) is 4.73. The minimum absolute atomic E-state index is 0.462. The van der Waals surface area contributed by atoms with Crippen LogP contribution in [0.2, 0.25) is 0 Å². The Balaban J connectivity index is 1.82. The summed E-state index contributed by atoms with van der Waals surface area (Å²) >= 11 is 0. The van der Waals surface area contributed by atoms with E-state index in [-0.39, 0.29) is 0 Å². The van der Waals surface area contributed by atoms with E-state index in [1.165, 1.54) is 29.7 Å². The highest BCUT2D eigenvalue weighted by molar-refractivity contribution is 5.32. The number of aryl methyl sites for hydroxylation is 2. The van der Waals surface area contributed by atoms with Crippen LogP contribution in [0.25, 0.3) is 0 Å². The van der Waals surface area contributed by atoms with Gasteiger partial charge in [0.05, 0.1) is 17.3 Å². The quantitative estimate of drug-likeness (QED) is 0.873. The van der Waals surface area contributed by atoms with Crippen LogP contribution in [-0.2, 0) is 13.6 Å². The van der Waals surface area contributed by atoms with Crippen LogP contribution in [0.3, 0.4) is 0 Å². The van der Waals surface area contributed by atoms with Crippen LogP contribution in [0.15, 0.2) is 24.3 Å². The van der Waals surface area contributed by atoms with E-state index >= 15 is 0 Å². The molecular weight excluding hydrogens is 272 g/mol. The Morgan fingerprint density at radius 2 is 2.00 bits per heavy atom. The van der Waals surface area contributed by atoms with Crippen molar-refractivity contribution >= 4 is 0 Å². The van der Waals surface area contributed by atoms with E-state index in [2.05, 4.69) is 42.0 Å². The molecule has 114 valence electrons. The summed E-state index contributed by atoms with van der Waals surface area (Å²) in [6.07, 6.45) is 2.43. The van der Waals surface area contributed by atoms with Gasteiger partial charge < -0.3 is 0 Å². The molecule has 1 aliphatic heterocycles. The first-order chi connectivity index (χ1) is 10.6. The minimum Gasteiger partial charge on any atom is -0.292 e. The van der Waals surface area contributed by atoms with E-state index in [1.807, 2.05) is 23.9 Å². The zero-order chi connectivity index (χ0) is 15.7. The number of hydrogen-bond donors (Lipinski definition) is 0. The Bertz CT molecular complexity index is 706. The Morgan fingerprint density at radius 1 is 1.27 bits per heavy atom. The number of benzene rings is 1. The van der Waals surface area contributed by atoms with Crippen molar-refractivity contribution in [2.24, 2.45) is 7.05 Å². The van der Waals surface area contributed by atoms with Crippen molar-refractivity contribution in [3.63, 3.8) is 0 Å². The molecule has 1 fully saturated rings. The second-order valence-electron chi connectivity index (χ2n) is 6.15. The van der Waals surface area contributed by atoms with Gasteiger partial charge in [-0.15, -0.1) is 0 Å². The maximum absolute atomic E-state index is 8.90. The van der Waals surface area contributed by atoms with Gasteiger partial charge in [-0.05, 0) is 50.9 Å². The first kappa shape index (κ1) is 14.8. The summed E-state index contributed by atoms with van der Waals surface area (Å²) in [6, 6.07) is 10.6. The molecule has 22 heavy (non-hydrogen) atoms. The smallest absolute Gasteiger partial charge is 0.0991 e. The second kappa shape index (κ2) is 5.94. The summed E-state index contributed by atoms with van der Waals surface area (Å²) in [7, 11) is 2.02. The van der Waals surface area contributed by atoms with E-state index in [1.54, 1.807) is 0 Å². The number of rotatable bonds is 3. The van der Waals surface area contributed by atoms with Gasteiger partial charge in [0.2, 0.25) is 0 Å². The van der Waals surface area contributed by atoms with Crippen LogP contribution >= 0.6 is 0 Å². The first-order valence-corrected chi connectivity index (χ1v) is 7.83. The standard InChI is InChI=1S/C18H22N4/c1-13-18(14(2)21(3)20-13)17-5-4-10-22(17)12-16-8-6-15(11-19)7-9-16/h6-9,17H,4-5,10,12H2,1-3H3/t17-/m0/s1. The van der Waals surface area contributed by atoms with E-state index in [9.17, 15) is 0 Å². The molecule has 1 aliphatic rings. The van der Waals surface area contributed by atoms with E-state index in [0.717, 1.165) is 24.3 Å². The van der Waals surface area contributed by atoms with Crippen LogP contribution < -0.4 is 0 Å². The van der Waals surface area contributed by atoms with Crippen LogP contribution in [0.4, 0.5) is 0 Å². The normalized spacial score (nSPS) is 18.5. The molecule has 0 bridgehead atoms. The van der Waals surface area contributed by atoms with Crippen LogP contribution in [0.5, 0.6) is 0 Å². The van der Waals surface area contributed by atoms with Gasteiger partial charge in [0.15, 0.2) is 0 Å². The molecule has 2 aromatic rings. The lowest BCUT2D eigenvalue weighted by Gasteiger charge is -2.25. The first-order valence-electron chi connectivity index (χ1n) is 7.83. The lowest BCUT2D eigenvalue weighted by molar-refractivity contribution is 0.247. The summed E-state index contributed by atoms with van der Waals surface area (Å²) in [6.45, 7) is 6.33. The third kappa shape index (κ3) is 2.65. The molecule has 0 unspecified atom stereocenters. The molecule has 0 spiro atoms. The Labute approximate surface area is 132 Å². The molecule has 1 aromatic carbocycles. The molecule has 0 N–H and O–H groups in total. The number of likely N-dealkylation sites (tertiary alicyclic amines) is 1. The summed E-state index contributed by atoms with van der Waals surface area (Å²) in [5.74, 6) is 0. The van der Waals surface area contributed by atoms with Crippen molar-refractivity contribution in [3.8, 4) is 6.07 Å². The molecule has 4 nitrogen and oxygen atoms in total. The summed E-state index contributed by atoms with van der Waals surface area (Å²) in [5, 5.41) is 13.5. The van der Waals surface area contributed by atoms with Gasteiger partial charge in [-0.3, -0.25) is 9.58 Å². The predicted molar refractivity (Wildman–Crippen MR) is 86.2 cm³/mol. The summed E-state index contributed by atoms with van der Waals surface area (Å²) < 4.78 is 1.99.